The lowest BCUT2D eigenvalue weighted by Crippen LogP contribution is -2.45. The maximum Gasteiger partial charge on any atom is 0.317 e. The number of carbonyl (C=O) groups is 1. The van der Waals surface area contributed by atoms with Crippen LogP contribution in [0, 0.1) is 5.92 Å². The molecule has 1 unspecified atom stereocenters. The fourth-order valence-electron chi connectivity index (χ4n) is 3.78. The van der Waals surface area contributed by atoms with Gasteiger partial charge in [-0.05, 0) is 49.8 Å². The van der Waals surface area contributed by atoms with Crippen LogP contribution in [0.1, 0.15) is 37.2 Å². The zero-order valence-corrected chi connectivity index (χ0v) is 15.6. The standard InChI is InChI=1S/C21H25N5O/c1-16(20-24-23-19-9-5-6-12-26(19)20)22-21(27)25-13-10-18(11-14-25)15-17-7-3-2-4-8-17/h2-9,12,16,18H,10-11,13-15H2,1H3,(H,22,27). The van der Waals surface area contributed by atoms with Gasteiger partial charge in [-0.1, -0.05) is 36.4 Å². The van der Waals surface area contributed by atoms with Crippen LogP contribution in [-0.4, -0.2) is 38.6 Å². The van der Waals surface area contributed by atoms with Gasteiger partial charge in [0.15, 0.2) is 11.5 Å². The molecule has 3 aromatic rings. The Hall–Kier alpha value is -2.89. The van der Waals surface area contributed by atoms with E-state index in [9.17, 15) is 4.79 Å². The third-order valence-electron chi connectivity index (χ3n) is 5.34. The predicted octanol–water partition coefficient (Wildman–Crippen LogP) is 3.45. The first kappa shape index (κ1) is 17.5. The van der Waals surface area contributed by atoms with E-state index in [0.717, 1.165) is 43.8 Å². The number of amides is 2. The van der Waals surface area contributed by atoms with Crippen LogP contribution in [0.5, 0.6) is 0 Å². The molecule has 1 aliphatic heterocycles. The van der Waals surface area contributed by atoms with Gasteiger partial charge >= 0.3 is 6.03 Å². The molecule has 1 aliphatic rings. The molecule has 0 spiro atoms. The van der Waals surface area contributed by atoms with Gasteiger partial charge in [-0.2, -0.15) is 0 Å². The first-order valence-electron chi connectivity index (χ1n) is 9.60. The van der Waals surface area contributed by atoms with Crippen LogP contribution < -0.4 is 5.32 Å². The molecule has 2 amide bonds. The number of hydrogen-bond acceptors (Lipinski definition) is 3. The highest BCUT2D eigenvalue weighted by atomic mass is 16.2. The summed E-state index contributed by atoms with van der Waals surface area (Å²) in [6.07, 6.45) is 5.11. The number of hydrogen-bond donors (Lipinski definition) is 1. The quantitative estimate of drug-likeness (QED) is 0.772. The van der Waals surface area contributed by atoms with E-state index in [1.165, 1.54) is 5.56 Å². The molecule has 0 saturated carbocycles. The lowest BCUT2D eigenvalue weighted by Gasteiger charge is -2.32. The van der Waals surface area contributed by atoms with Crippen LogP contribution in [0.2, 0.25) is 0 Å². The number of likely N-dealkylation sites (tertiary alicyclic amines) is 1. The van der Waals surface area contributed by atoms with Crippen molar-refractivity contribution >= 4 is 11.7 Å². The monoisotopic (exact) mass is 363 g/mol. The molecular weight excluding hydrogens is 338 g/mol. The fourth-order valence-corrected chi connectivity index (χ4v) is 3.78. The van der Waals surface area contributed by atoms with Crippen LogP contribution in [0.25, 0.3) is 5.65 Å². The first-order chi connectivity index (χ1) is 13.2. The van der Waals surface area contributed by atoms with Gasteiger partial charge in [0.1, 0.15) is 0 Å². The minimum atomic E-state index is -0.197. The molecule has 1 N–H and O–H groups in total. The number of benzene rings is 1. The van der Waals surface area contributed by atoms with Gasteiger partial charge in [0, 0.05) is 19.3 Å². The number of pyridine rings is 1. The molecule has 0 bridgehead atoms. The summed E-state index contributed by atoms with van der Waals surface area (Å²) < 4.78 is 1.91. The van der Waals surface area contributed by atoms with Crippen molar-refractivity contribution in [2.45, 2.75) is 32.2 Å². The van der Waals surface area contributed by atoms with Crippen LogP contribution in [0.3, 0.4) is 0 Å². The smallest absolute Gasteiger partial charge is 0.317 e. The van der Waals surface area contributed by atoms with E-state index in [2.05, 4.69) is 45.8 Å². The van der Waals surface area contributed by atoms with Gasteiger partial charge in [0.2, 0.25) is 0 Å². The number of aromatic nitrogens is 3. The number of nitrogens with zero attached hydrogens (tertiary/aromatic N) is 4. The van der Waals surface area contributed by atoms with Gasteiger partial charge in [-0.25, -0.2) is 4.79 Å². The highest BCUT2D eigenvalue weighted by Gasteiger charge is 2.25. The van der Waals surface area contributed by atoms with Crippen molar-refractivity contribution in [3.63, 3.8) is 0 Å². The van der Waals surface area contributed by atoms with E-state index < -0.39 is 0 Å². The molecule has 1 fully saturated rings. The molecule has 1 aromatic carbocycles. The van der Waals surface area contributed by atoms with Crippen molar-refractivity contribution in [3.05, 3.63) is 66.1 Å². The van der Waals surface area contributed by atoms with E-state index in [1.807, 2.05) is 40.6 Å². The maximum absolute atomic E-state index is 12.7. The lowest BCUT2D eigenvalue weighted by atomic mass is 9.90. The Bertz CT molecular complexity index is 899. The first-order valence-corrected chi connectivity index (χ1v) is 9.60. The second-order valence-electron chi connectivity index (χ2n) is 7.28. The summed E-state index contributed by atoms with van der Waals surface area (Å²) in [4.78, 5) is 14.6. The predicted molar refractivity (Wildman–Crippen MR) is 104 cm³/mol. The highest BCUT2D eigenvalue weighted by Crippen LogP contribution is 2.22. The fraction of sp³-hybridized carbons (Fsp3) is 0.381. The zero-order valence-electron chi connectivity index (χ0n) is 15.6. The van der Waals surface area contributed by atoms with Crippen molar-refractivity contribution in [2.75, 3.05) is 13.1 Å². The molecule has 0 aliphatic carbocycles. The summed E-state index contributed by atoms with van der Waals surface area (Å²) in [6, 6.07) is 16.2. The molecule has 140 valence electrons. The molecule has 6 nitrogen and oxygen atoms in total. The average molecular weight is 363 g/mol. The number of rotatable bonds is 4. The summed E-state index contributed by atoms with van der Waals surface area (Å²) in [7, 11) is 0. The SMILES string of the molecule is CC(NC(=O)N1CCC(Cc2ccccc2)CC1)c1nnc2ccccn12. The Morgan fingerprint density at radius 1 is 1.11 bits per heavy atom. The molecule has 1 atom stereocenters. The van der Waals surface area contributed by atoms with E-state index >= 15 is 0 Å². The van der Waals surface area contributed by atoms with Crippen LogP contribution >= 0.6 is 0 Å². The molecule has 27 heavy (non-hydrogen) atoms. The van der Waals surface area contributed by atoms with E-state index in [1.54, 1.807) is 0 Å². The zero-order chi connectivity index (χ0) is 18.6. The second kappa shape index (κ2) is 7.78. The topological polar surface area (TPSA) is 62.5 Å². The van der Waals surface area contributed by atoms with Crippen molar-refractivity contribution < 1.29 is 4.79 Å². The summed E-state index contributed by atoms with van der Waals surface area (Å²) >= 11 is 0. The largest absolute Gasteiger partial charge is 0.328 e. The number of urea groups is 1. The van der Waals surface area contributed by atoms with Crippen LogP contribution in [-0.2, 0) is 6.42 Å². The van der Waals surface area contributed by atoms with Crippen LogP contribution in [0.4, 0.5) is 4.79 Å². The number of fused-ring (bicyclic) bond motifs is 1. The average Bonchev–Trinajstić information content (AvgIpc) is 3.13. The highest BCUT2D eigenvalue weighted by molar-refractivity contribution is 5.74. The molecular formula is C21H25N5O. The Morgan fingerprint density at radius 3 is 2.63 bits per heavy atom. The van der Waals surface area contributed by atoms with E-state index in [4.69, 9.17) is 0 Å². The van der Waals surface area contributed by atoms with Crippen molar-refractivity contribution in [3.8, 4) is 0 Å². The minimum absolute atomic E-state index is 0.0201. The molecule has 4 rings (SSSR count). The third kappa shape index (κ3) is 3.94. The molecule has 3 heterocycles. The van der Waals surface area contributed by atoms with Gasteiger partial charge in [0.05, 0.1) is 6.04 Å². The van der Waals surface area contributed by atoms with Crippen molar-refractivity contribution in [1.82, 2.24) is 24.8 Å². The Balaban J connectivity index is 1.31. The molecule has 2 aromatic heterocycles. The molecule has 6 heteroatoms. The molecule has 0 radical (unpaired) electrons. The minimum Gasteiger partial charge on any atom is -0.328 e. The van der Waals surface area contributed by atoms with Gasteiger partial charge in [-0.3, -0.25) is 4.40 Å². The maximum atomic E-state index is 12.7. The molecule has 1 saturated heterocycles. The normalized spacial score (nSPS) is 16.4. The van der Waals surface area contributed by atoms with Crippen molar-refractivity contribution in [2.24, 2.45) is 5.92 Å². The summed E-state index contributed by atoms with van der Waals surface area (Å²) in [6.45, 7) is 3.55. The van der Waals surface area contributed by atoms with E-state index in [0.29, 0.717) is 5.92 Å². The Labute approximate surface area is 159 Å². The van der Waals surface area contributed by atoms with Crippen molar-refractivity contribution in [1.29, 1.82) is 0 Å². The summed E-state index contributed by atoms with van der Waals surface area (Å²) in [5, 5.41) is 11.5. The van der Waals surface area contributed by atoms with Gasteiger partial charge in [-0.15, -0.1) is 10.2 Å². The summed E-state index contributed by atoms with van der Waals surface area (Å²) in [5.74, 6) is 1.40. The van der Waals surface area contributed by atoms with Gasteiger partial charge in [0.25, 0.3) is 0 Å². The number of piperidine rings is 1. The number of nitrogens with one attached hydrogen (secondary N) is 1. The Kier molecular flexibility index (Phi) is 5.05. The van der Waals surface area contributed by atoms with Crippen LogP contribution in [0.15, 0.2) is 54.7 Å². The lowest BCUT2D eigenvalue weighted by molar-refractivity contribution is 0.167. The summed E-state index contributed by atoms with van der Waals surface area (Å²) in [5.41, 5.74) is 2.17. The second-order valence-corrected chi connectivity index (χ2v) is 7.28. The Morgan fingerprint density at radius 2 is 1.85 bits per heavy atom. The van der Waals surface area contributed by atoms with E-state index in [-0.39, 0.29) is 12.1 Å². The number of carbonyl (C=O) groups excluding carboxylic acids is 1. The third-order valence-corrected chi connectivity index (χ3v) is 5.34. The van der Waals surface area contributed by atoms with Gasteiger partial charge < -0.3 is 10.2 Å².